The van der Waals surface area contributed by atoms with Crippen LogP contribution >= 0.6 is 0 Å². The van der Waals surface area contributed by atoms with Gasteiger partial charge in [0.05, 0.1) is 37.4 Å². The van der Waals surface area contributed by atoms with E-state index in [1.165, 1.54) is 12.4 Å². The van der Waals surface area contributed by atoms with Crippen LogP contribution in [0.15, 0.2) is 30.6 Å². The molecule has 1 unspecified atom stereocenters. The molecule has 1 atom stereocenters. The number of aromatic nitrogens is 4. The fraction of sp³-hybridized carbons (Fsp3) is 0.333. The van der Waals surface area contributed by atoms with Crippen molar-refractivity contribution in [2.24, 2.45) is 0 Å². The number of methoxy groups -OCH3 is 1. The molecule has 1 aromatic carbocycles. The number of anilines is 2. The number of aromatic amines is 1. The van der Waals surface area contributed by atoms with Crippen LogP contribution in [0.2, 0.25) is 0 Å². The van der Waals surface area contributed by atoms with E-state index in [1.807, 2.05) is 31.2 Å². The Morgan fingerprint density at radius 2 is 2.10 bits per heavy atom. The van der Waals surface area contributed by atoms with E-state index in [0.717, 1.165) is 29.9 Å². The lowest BCUT2D eigenvalue weighted by molar-refractivity contribution is 0.000269. The summed E-state index contributed by atoms with van der Waals surface area (Å²) in [5.41, 5.74) is 2.75. The zero-order chi connectivity index (χ0) is 21.6. The summed E-state index contributed by atoms with van der Waals surface area (Å²) in [5.74, 6) is 2.37. The molecule has 1 aliphatic rings. The number of nitriles is 1. The van der Waals surface area contributed by atoms with E-state index in [1.54, 1.807) is 7.11 Å². The third-order valence-corrected chi connectivity index (χ3v) is 4.73. The third kappa shape index (κ3) is 4.91. The van der Waals surface area contributed by atoms with Crippen LogP contribution in [0.4, 0.5) is 11.6 Å². The largest absolute Gasteiger partial charge is 0.496 e. The Kier molecular flexibility index (Phi) is 6.26. The smallest absolute Gasteiger partial charge is 0.158 e. The van der Waals surface area contributed by atoms with Crippen molar-refractivity contribution < 1.29 is 14.2 Å². The maximum Gasteiger partial charge on any atom is 0.158 e. The van der Waals surface area contributed by atoms with Crippen LogP contribution in [0.5, 0.6) is 11.5 Å². The van der Waals surface area contributed by atoms with E-state index in [-0.39, 0.29) is 11.8 Å². The second-order valence-electron chi connectivity index (χ2n) is 7.04. The first-order valence-corrected chi connectivity index (χ1v) is 9.85. The Morgan fingerprint density at radius 3 is 2.81 bits per heavy atom. The molecule has 160 valence electrons. The van der Waals surface area contributed by atoms with Crippen molar-refractivity contribution in [3.05, 3.63) is 41.9 Å². The number of benzene rings is 1. The van der Waals surface area contributed by atoms with E-state index in [4.69, 9.17) is 19.5 Å². The highest BCUT2D eigenvalue weighted by Gasteiger charge is 2.20. The molecule has 0 saturated carbocycles. The van der Waals surface area contributed by atoms with Crippen molar-refractivity contribution in [3.63, 3.8) is 0 Å². The second-order valence-corrected chi connectivity index (χ2v) is 7.04. The van der Waals surface area contributed by atoms with Crippen LogP contribution in [0.25, 0.3) is 11.3 Å². The van der Waals surface area contributed by atoms with Gasteiger partial charge >= 0.3 is 0 Å². The first kappa shape index (κ1) is 20.6. The summed E-state index contributed by atoms with van der Waals surface area (Å²) < 4.78 is 17.5. The minimum atomic E-state index is -0.0120. The highest BCUT2D eigenvalue weighted by Crippen LogP contribution is 2.39. The van der Waals surface area contributed by atoms with Crippen LogP contribution in [-0.4, -0.2) is 59.7 Å². The van der Waals surface area contributed by atoms with E-state index >= 15 is 0 Å². The molecule has 2 aromatic heterocycles. The monoisotopic (exact) mass is 421 g/mol. The summed E-state index contributed by atoms with van der Waals surface area (Å²) in [6, 6.07) is 7.68. The summed E-state index contributed by atoms with van der Waals surface area (Å²) in [4.78, 5) is 8.15. The first-order chi connectivity index (χ1) is 15.2. The van der Waals surface area contributed by atoms with Crippen molar-refractivity contribution in [2.75, 3.05) is 38.7 Å². The number of H-pyrrole nitrogens is 1. The Hall–Kier alpha value is -3.68. The van der Waals surface area contributed by atoms with Crippen molar-refractivity contribution in [2.45, 2.75) is 13.0 Å². The summed E-state index contributed by atoms with van der Waals surface area (Å²) in [5, 5.41) is 22.5. The molecule has 1 aliphatic heterocycles. The van der Waals surface area contributed by atoms with Gasteiger partial charge in [-0.25, -0.2) is 9.97 Å². The number of morpholine rings is 1. The van der Waals surface area contributed by atoms with Crippen LogP contribution in [0.3, 0.4) is 0 Å². The highest BCUT2D eigenvalue weighted by atomic mass is 16.5. The minimum absolute atomic E-state index is 0.0120. The lowest BCUT2D eigenvalue weighted by Gasteiger charge is -2.24. The van der Waals surface area contributed by atoms with Gasteiger partial charge in [-0.15, -0.1) is 0 Å². The summed E-state index contributed by atoms with van der Waals surface area (Å²) in [7, 11) is 1.62. The molecular formula is C21H23N7O3. The maximum atomic E-state index is 8.84. The molecule has 0 radical (unpaired) electrons. The Bertz CT molecular complexity index is 1070. The molecule has 3 aromatic rings. The second kappa shape index (κ2) is 9.42. The molecule has 1 saturated heterocycles. The summed E-state index contributed by atoms with van der Waals surface area (Å²) >= 11 is 0. The normalized spacial score (nSPS) is 15.8. The fourth-order valence-corrected chi connectivity index (χ4v) is 3.27. The fourth-order valence-electron chi connectivity index (χ4n) is 3.27. The molecule has 3 heterocycles. The average molecular weight is 421 g/mol. The van der Waals surface area contributed by atoms with Gasteiger partial charge in [0.1, 0.15) is 36.1 Å². The van der Waals surface area contributed by atoms with E-state index in [0.29, 0.717) is 36.3 Å². The molecule has 4 rings (SSSR count). The van der Waals surface area contributed by atoms with Crippen LogP contribution in [0.1, 0.15) is 11.3 Å². The molecule has 10 nitrogen and oxygen atoms in total. The zero-order valence-corrected chi connectivity index (χ0v) is 17.3. The highest BCUT2D eigenvalue weighted by molar-refractivity contribution is 5.77. The van der Waals surface area contributed by atoms with Gasteiger partial charge in [0.2, 0.25) is 0 Å². The lowest BCUT2D eigenvalue weighted by Crippen LogP contribution is -2.41. The molecule has 0 spiro atoms. The van der Waals surface area contributed by atoms with Crippen LogP contribution < -0.4 is 20.1 Å². The standard InChI is InChI=1S/C21H23N7O3/c1-13-5-17(29-2)21(18(6-13)31-12-15-10-23-3-4-30-15)16-7-19(28-27-16)26-20-11-24-14(8-22)9-25-20/h5-7,9,11,15,23H,3-4,10,12H2,1-2H3,(H2,25,26,27,28). The van der Waals surface area contributed by atoms with E-state index < -0.39 is 0 Å². The van der Waals surface area contributed by atoms with Gasteiger partial charge in [0.25, 0.3) is 0 Å². The van der Waals surface area contributed by atoms with Gasteiger partial charge in [-0.2, -0.15) is 10.4 Å². The molecule has 1 fully saturated rings. The van der Waals surface area contributed by atoms with Gasteiger partial charge in [0, 0.05) is 19.2 Å². The number of nitrogens with zero attached hydrogens (tertiary/aromatic N) is 4. The van der Waals surface area contributed by atoms with Crippen molar-refractivity contribution >= 4 is 11.6 Å². The van der Waals surface area contributed by atoms with Crippen molar-refractivity contribution in [1.82, 2.24) is 25.5 Å². The molecule has 0 bridgehead atoms. The van der Waals surface area contributed by atoms with Crippen LogP contribution in [0, 0.1) is 18.3 Å². The first-order valence-electron chi connectivity index (χ1n) is 9.85. The Labute approximate surface area is 179 Å². The third-order valence-electron chi connectivity index (χ3n) is 4.73. The van der Waals surface area contributed by atoms with Crippen molar-refractivity contribution in [3.8, 4) is 28.8 Å². The Morgan fingerprint density at radius 1 is 1.23 bits per heavy atom. The predicted octanol–water partition coefficient (Wildman–Crippen LogP) is 2.17. The number of aryl methyl sites for hydroxylation is 1. The maximum absolute atomic E-state index is 8.84. The summed E-state index contributed by atoms with van der Waals surface area (Å²) in [6.07, 6.45) is 2.86. The van der Waals surface area contributed by atoms with E-state index in [2.05, 4.69) is 30.8 Å². The molecule has 0 aliphatic carbocycles. The quantitative estimate of drug-likeness (QED) is 0.525. The van der Waals surface area contributed by atoms with E-state index in [9.17, 15) is 0 Å². The van der Waals surface area contributed by atoms with Gasteiger partial charge in [-0.1, -0.05) is 0 Å². The van der Waals surface area contributed by atoms with Crippen LogP contribution in [-0.2, 0) is 4.74 Å². The summed E-state index contributed by atoms with van der Waals surface area (Å²) in [6.45, 7) is 4.69. The molecule has 0 amide bonds. The number of ether oxygens (including phenoxy) is 3. The van der Waals surface area contributed by atoms with Gasteiger partial charge in [-0.05, 0) is 24.6 Å². The molecular weight excluding hydrogens is 398 g/mol. The molecule has 10 heteroatoms. The molecule has 3 N–H and O–H groups in total. The lowest BCUT2D eigenvalue weighted by atomic mass is 10.1. The van der Waals surface area contributed by atoms with Gasteiger partial charge in [-0.3, -0.25) is 5.10 Å². The minimum Gasteiger partial charge on any atom is -0.496 e. The molecule has 31 heavy (non-hydrogen) atoms. The number of nitrogens with one attached hydrogen (secondary N) is 3. The number of hydrogen-bond acceptors (Lipinski definition) is 9. The topological polar surface area (TPSA) is 130 Å². The van der Waals surface area contributed by atoms with Gasteiger partial charge in [0.15, 0.2) is 11.5 Å². The SMILES string of the molecule is COc1cc(C)cc(OCC2CNCCO2)c1-c1cc(Nc2cnc(C#N)cn2)n[nH]1. The number of hydrogen-bond donors (Lipinski definition) is 3. The van der Waals surface area contributed by atoms with Gasteiger partial charge < -0.3 is 24.8 Å². The Balaban J connectivity index is 1.58. The van der Waals surface area contributed by atoms with Crippen molar-refractivity contribution in [1.29, 1.82) is 5.26 Å². The zero-order valence-electron chi connectivity index (χ0n) is 17.3. The predicted molar refractivity (Wildman–Crippen MR) is 113 cm³/mol. The number of rotatable bonds is 7. The average Bonchev–Trinajstić information content (AvgIpc) is 3.26.